The van der Waals surface area contributed by atoms with Crippen LogP contribution in [0.4, 0.5) is 5.82 Å². The Morgan fingerprint density at radius 3 is 2.31 bits per heavy atom. The largest absolute Gasteiger partial charge is 0.353 e. The van der Waals surface area contributed by atoms with E-state index in [0.29, 0.717) is 23.5 Å². The lowest BCUT2D eigenvalue weighted by atomic mass is 10.2. The number of fused-ring (bicyclic) bond motifs is 1. The van der Waals surface area contributed by atoms with E-state index in [2.05, 4.69) is 39.0 Å². The molecule has 0 N–H and O–H groups in total. The van der Waals surface area contributed by atoms with Gasteiger partial charge >= 0.3 is 0 Å². The van der Waals surface area contributed by atoms with Crippen LogP contribution in [0.15, 0.2) is 59.6 Å². The minimum Gasteiger partial charge on any atom is -0.353 e. The Morgan fingerprint density at radius 2 is 1.56 bits per heavy atom. The first-order chi connectivity index (χ1) is 15.6. The highest BCUT2D eigenvalue weighted by atomic mass is 32.2. The summed E-state index contributed by atoms with van der Waals surface area (Å²) >= 11 is 0. The second-order valence-corrected chi connectivity index (χ2v) is 10.5. The number of rotatable bonds is 5. The summed E-state index contributed by atoms with van der Waals surface area (Å²) in [5, 5.41) is 0. The van der Waals surface area contributed by atoms with E-state index in [1.54, 1.807) is 28.7 Å². The molecule has 168 valence electrons. The fourth-order valence-electron chi connectivity index (χ4n) is 4.52. The number of piperazine rings is 1. The maximum absolute atomic E-state index is 13.0. The van der Waals surface area contributed by atoms with E-state index in [1.807, 2.05) is 6.07 Å². The Morgan fingerprint density at radius 1 is 0.812 bits per heavy atom. The highest BCUT2D eigenvalue weighted by molar-refractivity contribution is 7.89. The molecule has 3 heterocycles. The Kier molecular flexibility index (Phi) is 6.08. The highest BCUT2D eigenvalue weighted by Crippen LogP contribution is 2.24. The van der Waals surface area contributed by atoms with Crippen LogP contribution in [-0.2, 0) is 16.6 Å². The molecular weight excluding hydrogens is 422 g/mol. The van der Waals surface area contributed by atoms with E-state index in [-0.39, 0.29) is 0 Å². The average molecular weight is 452 g/mol. The first-order valence-electron chi connectivity index (χ1n) is 11.4. The molecular formula is C24H29N5O2S. The zero-order chi connectivity index (χ0) is 22.0. The fraction of sp³-hybridized carbons (Fsp3) is 0.417. The van der Waals surface area contributed by atoms with Gasteiger partial charge in [0.2, 0.25) is 10.0 Å². The summed E-state index contributed by atoms with van der Waals surface area (Å²) in [5.74, 6) is 0.850. The van der Waals surface area contributed by atoms with Crippen molar-refractivity contribution in [3.63, 3.8) is 0 Å². The minimum atomic E-state index is -3.47. The molecule has 8 heteroatoms. The zero-order valence-electron chi connectivity index (χ0n) is 18.2. The highest BCUT2D eigenvalue weighted by Gasteiger charge is 2.26. The number of hydrogen-bond acceptors (Lipinski definition) is 6. The summed E-state index contributed by atoms with van der Waals surface area (Å²) in [4.78, 5) is 14.4. The predicted octanol–water partition coefficient (Wildman–Crippen LogP) is 3.13. The van der Waals surface area contributed by atoms with Crippen molar-refractivity contribution in [1.82, 2.24) is 19.2 Å². The van der Waals surface area contributed by atoms with Gasteiger partial charge in [0.15, 0.2) is 0 Å². The van der Waals surface area contributed by atoms with E-state index in [4.69, 9.17) is 4.98 Å². The third-order valence-electron chi connectivity index (χ3n) is 6.40. The predicted molar refractivity (Wildman–Crippen MR) is 126 cm³/mol. The van der Waals surface area contributed by atoms with E-state index in [0.717, 1.165) is 63.3 Å². The Bertz CT molecular complexity index is 1170. The molecule has 7 nitrogen and oxygen atoms in total. The van der Waals surface area contributed by atoms with Crippen molar-refractivity contribution in [2.24, 2.45) is 0 Å². The maximum Gasteiger partial charge on any atom is 0.243 e. The van der Waals surface area contributed by atoms with E-state index >= 15 is 0 Å². The molecule has 0 radical (unpaired) electrons. The van der Waals surface area contributed by atoms with Gasteiger partial charge in [-0.15, -0.1) is 0 Å². The lowest BCUT2D eigenvalue weighted by Crippen LogP contribution is -2.46. The van der Waals surface area contributed by atoms with E-state index < -0.39 is 10.0 Å². The molecule has 2 fully saturated rings. The van der Waals surface area contributed by atoms with Crippen LogP contribution in [-0.4, -0.2) is 66.9 Å². The number of hydrogen-bond donors (Lipinski definition) is 0. The van der Waals surface area contributed by atoms with Gasteiger partial charge in [-0.1, -0.05) is 36.8 Å². The van der Waals surface area contributed by atoms with Gasteiger partial charge in [-0.3, -0.25) is 9.88 Å². The van der Waals surface area contributed by atoms with Crippen LogP contribution in [0.3, 0.4) is 0 Å². The SMILES string of the molecule is O=S(=O)(c1ccc2nc(N3CCN(Cc4ccccc4)CC3)cnc2c1)N1CCCCC1. The average Bonchev–Trinajstić information content (AvgIpc) is 2.85. The second-order valence-electron chi connectivity index (χ2n) is 8.59. The van der Waals surface area contributed by atoms with Crippen molar-refractivity contribution < 1.29 is 8.42 Å². The first-order valence-corrected chi connectivity index (χ1v) is 12.8. The summed E-state index contributed by atoms with van der Waals surface area (Å²) < 4.78 is 27.5. The van der Waals surface area contributed by atoms with Crippen LogP contribution >= 0.6 is 0 Å². The molecule has 0 bridgehead atoms. The molecule has 2 aliphatic heterocycles. The molecule has 0 spiro atoms. The summed E-state index contributed by atoms with van der Waals surface area (Å²) in [6.07, 6.45) is 4.72. The van der Waals surface area contributed by atoms with Gasteiger partial charge in [0.1, 0.15) is 5.82 Å². The minimum absolute atomic E-state index is 0.309. The molecule has 0 saturated carbocycles. The van der Waals surface area contributed by atoms with Gasteiger partial charge in [-0.2, -0.15) is 4.31 Å². The summed E-state index contributed by atoms with van der Waals surface area (Å²) in [6, 6.07) is 15.7. The van der Waals surface area contributed by atoms with Crippen molar-refractivity contribution in [2.45, 2.75) is 30.7 Å². The monoisotopic (exact) mass is 451 g/mol. The van der Waals surface area contributed by atoms with Gasteiger partial charge in [0, 0.05) is 45.8 Å². The molecule has 0 unspecified atom stereocenters. The van der Waals surface area contributed by atoms with Gasteiger partial charge < -0.3 is 4.90 Å². The van der Waals surface area contributed by atoms with Crippen molar-refractivity contribution in [3.05, 3.63) is 60.3 Å². The first kappa shape index (κ1) is 21.3. The molecule has 0 amide bonds. The van der Waals surface area contributed by atoms with Crippen LogP contribution < -0.4 is 4.90 Å². The molecule has 32 heavy (non-hydrogen) atoms. The summed E-state index contributed by atoms with van der Waals surface area (Å²) in [5.41, 5.74) is 2.68. The molecule has 1 aromatic heterocycles. The smallest absolute Gasteiger partial charge is 0.243 e. The normalized spacial score (nSPS) is 18.8. The molecule has 2 aliphatic rings. The lowest BCUT2D eigenvalue weighted by Gasteiger charge is -2.35. The molecule has 2 aromatic carbocycles. The van der Waals surface area contributed by atoms with Gasteiger partial charge in [0.05, 0.1) is 22.1 Å². The van der Waals surface area contributed by atoms with Crippen LogP contribution in [0.1, 0.15) is 24.8 Å². The molecule has 3 aromatic rings. The van der Waals surface area contributed by atoms with E-state index in [1.165, 1.54) is 5.56 Å². The molecule has 5 rings (SSSR count). The Balaban J connectivity index is 1.28. The molecule has 2 saturated heterocycles. The van der Waals surface area contributed by atoms with Crippen molar-refractivity contribution in [3.8, 4) is 0 Å². The lowest BCUT2D eigenvalue weighted by molar-refractivity contribution is 0.249. The number of sulfonamides is 1. The van der Waals surface area contributed by atoms with Gasteiger partial charge in [0.25, 0.3) is 0 Å². The molecule has 0 aliphatic carbocycles. The number of nitrogens with zero attached hydrogens (tertiary/aromatic N) is 5. The fourth-order valence-corrected chi connectivity index (χ4v) is 6.06. The Labute approximate surface area is 189 Å². The van der Waals surface area contributed by atoms with Gasteiger partial charge in [-0.25, -0.2) is 13.4 Å². The van der Waals surface area contributed by atoms with Crippen LogP contribution in [0.25, 0.3) is 11.0 Å². The number of benzene rings is 2. The van der Waals surface area contributed by atoms with E-state index in [9.17, 15) is 8.42 Å². The topological polar surface area (TPSA) is 69.6 Å². The zero-order valence-corrected chi connectivity index (χ0v) is 19.0. The van der Waals surface area contributed by atoms with Crippen molar-refractivity contribution in [1.29, 1.82) is 0 Å². The van der Waals surface area contributed by atoms with Crippen molar-refractivity contribution >= 4 is 26.9 Å². The Hall–Kier alpha value is -2.55. The summed E-state index contributed by atoms with van der Waals surface area (Å²) in [7, 11) is -3.47. The standard InChI is InChI=1S/C24H29N5O2S/c30-32(31,29-11-5-2-6-12-29)21-9-10-22-23(17-21)25-18-24(26-22)28-15-13-27(14-16-28)19-20-7-3-1-4-8-20/h1,3-4,7-10,17-18H,2,5-6,11-16,19H2. The quantitative estimate of drug-likeness (QED) is 0.594. The second kappa shape index (κ2) is 9.13. The number of piperidine rings is 1. The van der Waals surface area contributed by atoms with Crippen LogP contribution in [0, 0.1) is 0 Å². The third kappa shape index (κ3) is 4.48. The maximum atomic E-state index is 13.0. The number of aromatic nitrogens is 2. The van der Waals surface area contributed by atoms with Crippen LogP contribution in [0.5, 0.6) is 0 Å². The third-order valence-corrected chi connectivity index (χ3v) is 8.29. The number of anilines is 1. The molecule has 0 atom stereocenters. The van der Waals surface area contributed by atoms with Crippen molar-refractivity contribution in [2.75, 3.05) is 44.2 Å². The van der Waals surface area contributed by atoms with Gasteiger partial charge in [-0.05, 0) is 36.6 Å². The van der Waals surface area contributed by atoms with Crippen LogP contribution in [0.2, 0.25) is 0 Å². The summed E-state index contributed by atoms with van der Waals surface area (Å²) in [6.45, 7) is 5.90.